The Bertz CT molecular complexity index is 402. The number of hydrogen-bond donors (Lipinski definition) is 1. The molecule has 0 spiro atoms. The van der Waals surface area contributed by atoms with Crippen LogP contribution in [-0.4, -0.2) is 66.7 Å². The van der Waals surface area contributed by atoms with Gasteiger partial charge in [0.15, 0.2) is 0 Å². The van der Waals surface area contributed by atoms with Crippen molar-refractivity contribution in [1.29, 1.82) is 0 Å². The summed E-state index contributed by atoms with van der Waals surface area (Å²) < 4.78 is 5.47. The molecule has 2 rings (SSSR count). The number of carbonyl (C=O) groups is 2. The van der Waals surface area contributed by atoms with E-state index in [4.69, 9.17) is 4.74 Å². The second kappa shape index (κ2) is 9.87. The summed E-state index contributed by atoms with van der Waals surface area (Å²) in [7, 11) is 0. The van der Waals surface area contributed by atoms with Gasteiger partial charge in [-0.1, -0.05) is 32.6 Å². The molecule has 24 heavy (non-hydrogen) atoms. The fraction of sp³-hybridized carbons (Fsp3) is 0.889. The zero-order chi connectivity index (χ0) is 17.4. The fourth-order valence-electron chi connectivity index (χ4n) is 3.36. The average Bonchev–Trinajstić information content (AvgIpc) is 3.13. The number of carbonyl (C=O) groups excluding carboxylic acids is 2. The number of nitrogens with zero attached hydrogens (tertiary/aromatic N) is 2. The molecule has 0 aromatic rings. The molecule has 0 saturated carbocycles. The van der Waals surface area contributed by atoms with E-state index in [1.165, 1.54) is 25.7 Å². The van der Waals surface area contributed by atoms with Crippen LogP contribution in [0.3, 0.4) is 0 Å². The predicted octanol–water partition coefficient (Wildman–Crippen LogP) is 2.38. The number of ether oxygens (including phenoxy) is 1. The molecule has 6 heteroatoms. The number of amides is 3. The molecule has 2 fully saturated rings. The van der Waals surface area contributed by atoms with Gasteiger partial charge < -0.3 is 19.9 Å². The SMILES string of the molecule is CCCCCCC(C)NC(=O)N1CCN(C(=O)C2CCCO2)CC1. The molecular formula is C18H33N3O3. The standard InChI is InChI=1S/C18H33N3O3/c1-3-4-5-6-8-15(2)19-18(23)21-12-10-20(11-13-21)17(22)16-9-7-14-24-16/h15-16H,3-14H2,1-2H3,(H,19,23). The maximum atomic E-state index is 12.3. The van der Waals surface area contributed by atoms with Crippen molar-refractivity contribution in [2.45, 2.75) is 70.9 Å². The molecule has 0 bridgehead atoms. The Morgan fingerprint density at radius 3 is 2.46 bits per heavy atom. The van der Waals surface area contributed by atoms with E-state index < -0.39 is 0 Å². The zero-order valence-corrected chi connectivity index (χ0v) is 15.3. The molecule has 2 heterocycles. The van der Waals surface area contributed by atoms with Crippen LogP contribution < -0.4 is 5.32 Å². The van der Waals surface area contributed by atoms with Gasteiger partial charge in [-0.2, -0.15) is 0 Å². The minimum Gasteiger partial charge on any atom is -0.368 e. The van der Waals surface area contributed by atoms with E-state index in [9.17, 15) is 9.59 Å². The summed E-state index contributed by atoms with van der Waals surface area (Å²) in [6.45, 7) is 7.39. The number of piperazine rings is 1. The highest BCUT2D eigenvalue weighted by Crippen LogP contribution is 2.16. The van der Waals surface area contributed by atoms with Crippen LogP contribution in [0, 0.1) is 0 Å². The van der Waals surface area contributed by atoms with Crippen LogP contribution in [0.4, 0.5) is 4.79 Å². The minimum atomic E-state index is -0.256. The van der Waals surface area contributed by atoms with E-state index in [0.717, 1.165) is 19.3 Å². The lowest BCUT2D eigenvalue weighted by atomic mass is 10.1. The van der Waals surface area contributed by atoms with E-state index in [1.807, 2.05) is 9.80 Å². The van der Waals surface area contributed by atoms with E-state index in [1.54, 1.807) is 0 Å². The largest absolute Gasteiger partial charge is 0.368 e. The van der Waals surface area contributed by atoms with Crippen molar-refractivity contribution in [2.75, 3.05) is 32.8 Å². The number of rotatable bonds is 7. The van der Waals surface area contributed by atoms with Crippen LogP contribution in [0.15, 0.2) is 0 Å². The number of nitrogens with one attached hydrogen (secondary N) is 1. The highest BCUT2D eigenvalue weighted by atomic mass is 16.5. The molecular weight excluding hydrogens is 306 g/mol. The van der Waals surface area contributed by atoms with Crippen LogP contribution in [0.1, 0.15) is 58.8 Å². The van der Waals surface area contributed by atoms with Gasteiger partial charge in [-0.3, -0.25) is 4.79 Å². The monoisotopic (exact) mass is 339 g/mol. The third-order valence-corrected chi connectivity index (χ3v) is 4.94. The first kappa shape index (κ1) is 19.0. The zero-order valence-electron chi connectivity index (χ0n) is 15.3. The van der Waals surface area contributed by atoms with Gasteiger partial charge in [0, 0.05) is 38.8 Å². The van der Waals surface area contributed by atoms with Gasteiger partial charge >= 0.3 is 6.03 Å². The van der Waals surface area contributed by atoms with Crippen molar-refractivity contribution in [3.63, 3.8) is 0 Å². The molecule has 0 aromatic heterocycles. The average molecular weight is 339 g/mol. The molecule has 138 valence electrons. The molecule has 3 amide bonds. The summed E-state index contributed by atoms with van der Waals surface area (Å²) in [6.07, 6.45) is 7.47. The van der Waals surface area contributed by atoms with Crippen LogP contribution >= 0.6 is 0 Å². The lowest BCUT2D eigenvalue weighted by Gasteiger charge is -2.36. The highest BCUT2D eigenvalue weighted by molar-refractivity contribution is 5.81. The first-order valence-electron chi connectivity index (χ1n) is 9.57. The first-order chi connectivity index (χ1) is 11.6. The van der Waals surface area contributed by atoms with Crippen molar-refractivity contribution in [2.24, 2.45) is 0 Å². The van der Waals surface area contributed by atoms with Crippen LogP contribution in [-0.2, 0) is 9.53 Å². The Kier molecular flexibility index (Phi) is 7.82. The van der Waals surface area contributed by atoms with Crippen molar-refractivity contribution < 1.29 is 14.3 Å². The van der Waals surface area contributed by atoms with Gasteiger partial charge in [0.05, 0.1) is 0 Å². The Morgan fingerprint density at radius 1 is 1.12 bits per heavy atom. The molecule has 0 aromatic carbocycles. The van der Waals surface area contributed by atoms with E-state index in [0.29, 0.717) is 32.8 Å². The van der Waals surface area contributed by atoms with E-state index in [-0.39, 0.29) is 24.1 Å². The van der Waals surface area contributed by atoms with Gasteiger partial charge in [-0.25, -0.2) is 4.79 Å². The maximum Gasteiger partial charge on any atom is 0.317 e. The summed E-state index contributed by atoms with van der Waals surface area (Å²) in [5, 5.41) is 3.08. The lowest BCUT2D eigenvalue weighted by Crippen LogP contribution is -2.55. The molecule has 2 atom stereocenters. The van der Waals surface area contributed by atoms with Gasteiger partial charge in [0.1, 0.15) is 6.10 Å². The maximum absolute atomic E-state index is 12.3. The summed E-state index contributed by atoms with van der Waals surface area (Å²) in [4.78, 5) is 28.3. The third kappa shape index (κ3) is 5.65. The molecule has 2 aliphatic heterocycles. The second-order valence-electron chi connectivity index (χ2n) is 7.01. The predicted molar refractivity (Wildman–Crippen MR) is 93.9 cm³/mol. The molecule has 2 aliphatic rings. The quantitative estimate of drug-likeness (QED) is 0.725. The number of unbranched alkanes of at least 4 members (excludes halogenated alkanes) is 3. The molecule has 2 saturated heterocycles. The van der Waals surface area contributed by atoms with E-state index in [2.05, 4.69) is 19.2 Å². The molecule has 6 nitrogen and oxygen atoms in total. The van der Waals surface area contributed by atoms with Crippen LogP contribution in [0.2, 0.25) is 0 Å². The van der Waals surface area contributed by atoms with Gasteiger partial charge in [0.25, 0.3) is 5.91 Å². The minimum absolute atomic E-state index is 0.00204. The molecule has 0 radical (unpaired) electrons. The van der Waals surface area contributed by atoms with Gasteiger partial charge in [0.2, 0.25) is 0 Å². The summed E-state index contributed by atoms with van der Waals surface area (Å²) in [5.41, 5.74) is 0. The lowest BCUT2D eigenvalue weighted by molar-refractivity contribution is -0.142. The smallest absolute Gasteiger partial charge is 0.317 e. The highest BCUT2D eigenvalue weighted by Gasteiger charge is 2.31. The number of hydrogen-bond acceptors (Lipinski definition) is 3. The molecule has 1 N–H and O–H groups in total. The topological polar surface area (TPSA) is 61.9 Å². The summed E-state index contributed by atoms with van der Waals surface area (Å²) in [6, 6.07) is 0.211. The van der Waals surface area contributed by atoms with Crippen LogP contribution in [0.5, 0.6) is 0 Å². The second-order valence-corrected chi connectivity index (χ2v) is 7.01. The molecule has 2 unspecified atom stereocenters. The van der Waals surface area contributed by atoms with Crippen LogP contribution in [0.25, 0.3) is 0 Å². The summed E-state index contributed by atoms with van der Waals surface area (Å²) >= 11 is 0. The fourth-order valence-corrected chi connectivity index (χ4v) is 3.36. The van der Waals surface area contributed by atoms with Crippen molar-refractivity contribution in [3.8, 4) is 0 Å². The van der Waals surface area contributed by atoms with Gasteiger partial charge in [-0.15, -0.1) is 0 Å². The van der Waals surface area contributed by atoms with Crippen molar-refractivity contribution in [1.82, 2.24) is 15.1 Å². The van der Waals surface area contributed by atoms with Gasteiger partial charge in [-0.05, 0) is 26.2 Å². The van der Waals surface area contributed by atoms with Crippen molar-refractivity contribution in [3.05, 3.63) is 0 Å². The normalized spacial score (nSPS) is 22.5. The first-order valence-corrected chi connectivity index (χ1v) is 9.57. The molecule has 0 aliphatic carbocycles. The Balaban J connectivity index is 1.65. The Hall–Kier alpha value is -1.30. The van der Waals surface area contributed by atoms with E-state index >= 15 is 0 Å². The number of urea groups is 1. The third-order valence-electron chi connectivity index (χ3n) is 4.94. The summed E-state index contributed by atoms with van der Waals surface area (Å²) in [5.74, 6) is 0.0943. The Morgan fingerprint density at radius 2 is 1.83 bits per heavy atom. The van der Waals surface area contributed by atoms with Crippen molar-refractivity contribution >= 4 is 11.9 Å². The Labute approximate surface area is 145 Å².